The first-order chi connectivity index (χ1) is 19.7. The number of aliphatic hydroxyl groups excluding tert-OH is 4. The van der Waals surface area contributed by atoms with Crippen LogP contribution in [0.3, 0.4) is 0 Å². The molecule has 8 unspecified atom stereocenters. The second kappa shape index (κ2) is 11.6. The van der Waals surface area contributed by atoms with E-state index in [1.54, 1.807) is 12.1 Å². The van der Waals surface area contributed by atoms with Gasteiger partial charge in [-0.1, -0.05) is 0 Å². The minimum atomic E-state index is -1.60. The fourth-order valence-corrected chi connectivity index (χ4v) is 6.26. The number of phenols is 2. The molecule has 1 fully saturated rings. The average Bonchev–Trinajstić information content (AvgIpc) is 3.08. The van der Waals surface area contributed by atoms with E-state index in [9.17, 15) is 30.6 Å². The first kappa shape index (κ1) is 29.3. The fraction of sp³-hybridized carbons (Fsp3) is 0.571. The maximum Gasteiger partial charge on any atom is 0.201 e. The van der Waals surface area contributed by atoms with Crippen molar-refractivity contribution in [3.05, 3.63) is 28.8 Å². The van der Waals surface area contributed by atoms with Crippen molar-refractivity contribution in [2.45, 2.75) is 43.0 Å². The van der Waals surface area contributed by atoms with E-state index in [2.05, 4.69) is 0 Å². The van der Waals surface area contributed by atoms with Crippen LogP contribution in [-0.2, 0) is 15.9 Å². The third kappa shape index (κ3) is 4.76. The summed E-state index contributed by atoms with van der Waals surface area (Å²) in [6.45, 7) is -0.412. The standard InChI is InChI=1S/C28H36O13/c1-35-15-6-11-5-12-9-39-14-7-16(36-2)23(32)27(38-4)20(14)19(18(11)26(37-3)22(15)31)13(12)10-40-28-25(34)24(33)21(30)17(8-29)41-28/h6-7,12-13,17,19,21,24-25,28-34H,5,8-10H2,1-4H3. The normalized spacial score (nSPS) is 30.3. The molecule has 0 saturated carbocycles. The van der Waals surface area contributed by atoms with Gasteiger partial charge in [0.15, 0.2) is 29.3 Å². The Balaban J connectivity index is 1.65. The highest BCUT2D eigenvalue weighted by atomic mass is 16.7. The molecule has 1 saturated heterocycles. The summed E-state index contributed by atoms with van der Waals surface area (Å²) in [4.78, 5) is 0. The Morgan fingerprint density at radius 3 is 2.07 bits per heavy atom. The Labute approximate surface area is 236 Å². The van der Waals surface area contributed by atoms with Crippen LogP contribution >= 0.6 is 0 Å². The molecule has 1 aliphatic carbocycles. The van der Waals surface area contributed by atoms with Crippen molar-refractivity contribution in [2.24, 2.45) is 11.8 Å². The maximum atomic E-state index is 11.0. The maximum absolute atomic E-state index is 11.0. The van der Waals surface area contributed by atoms with Gasteiger partial charge < -0.3 is 63.8 Å². The van der Waals surface area contributed by atoms with Crippen LogP contribution in [0.1, 0.15) is 22.6 Å². The van der Waals surface area contributed by atoms with Gasteiger partial charge in [-0.3, -0.25) is 0 Å². The molecular weight excluding hydrogens is 544 g/mol. The van der Waals surface area contributed by atoms with E-state index in [1.165, 1.54) is 28.4 Å². The first-order valence-corrected chi connectivity index (χ1v) is 13.2. The Bertz CT molecular complexity index is 1250. The van der Waals surface area contributed by atoms with Crippen LogP contribution in [0.4, 0.5) is 0 Å². The molecule has 2 aliphatic heterocycles. The van der Waals surface area contributed by atoms with E-state index >= 15 is 0 Å². The van der Waals surface area contributed by atoms with Crippen molar-refractivity contribution < 1.29 is 63.8 Å². The van der Waals surface area contributed by atoms with Crippen LogP contribution in [-0.4, -0.2) is 110 Å². The molecule has 13 heteroatoms. The van der Waals surface area contributed by atoms with Crippen LogP contribution in [0.2, 0.25) is 0 Å². The van der Waals surface area contributed by atoms with Gasteiger partial charge in [0.2, 0.25) is 11.5 Å². The van der Waals surface area contributed by atoms with Crippen molar-refractivity contribution in [3.8, 4) is 40.2 Å². The number of hydrogen-bond donors (Lipinski definition) is 6. The van der Waals surface area contributed by atoms with Crippen molar-refractivity contribution >= 4 is 0 Å². The number of benzene rings is 2. The summed E-state index contributed by atoms with van der Waals surface area (Å²) in [6, 6.07) is 3.31. The molecule has 41 heavy (non-hydrogen) atoms. The predicted octanol–water partition coefficient (Wildman–Crippen LogP) is 0.261. The molecular formula is C28H36O13. The molecule has 8 atom stereocenters. The van der Waals surface area contributed by atoms with Crippen molar-refractivity contribution in [2.75, 3.05) is 48.3 Å². The molecule has 6 N–H and O–H groups in total. The first-order valence-electron chi connectivity index (χ1n) is 13.2. The number of phenolic OH excluding ortho intramolecular Hbond substituents is 2. The van der Waals surface area contributed by atoms with E-state index in [0.29, 0.717) is 23.3 Å². The number of fused-ring (bicyclic) bond motifs is 6. The third-order valence-corrected chi connectivity index (χ3v) is 8.31. The minimum Gasteiger partial charge on any atom is -0.502 e. The average molecular weight is 581 g/mol. The van der Waals surface area contributed by atoms with Gasteiger partial charge in [-0.2, -0.15) is 0 Å². The van der Waals surface area contributed by atoms with E-state index in [0.717, 1.165) is 5.56 Å². The minimum absolute atomic E-state index is 0.0494. The zero-order valence-electron chi connectivity index (χ0n) is 23.1. The summed E-state index contributed by atoms with van der Waals surface area (Å²) in [6.07, 6.45) is -6.72. The van der Waals surface area contributed by atoms with E-state index in [-0.39, 0.29) is 53.6 Å². The molecule has 2 heterocycles. The fourth-order valence-electron chi connectivity index (χ4n) is 6.26. The number of rotatable bonds is 8. The molecule has 13 nitrogen and oxygen atoms in total. The molecule has 226 valence electrons. The van der Waals surface area contributed by atoms with E-state index in [1.807, 2.05) is 0 Å². The van der Waals surface area contributed by atoms with Crippen molar-refractivity contribution in [3.63, 3.8) is 0 Å². The zero-order chi connectivity index (χ0) is 29.6. The molecule has 2 aromatic rings. The summed E-state index contributed by atoms with van der Waals surface area (Å²) in [7, 11) is 5.69. The Morgan fingerprint density at radius 1 is 0.829 bits per heavy atom. The molecule has 0 radical (unpaired) electrons. The van der Waals surface area contributed by atoms with Crippen molar-refractivity contribution in [1.82, 2.24) is 0 Å². The van der Waals surface area contributed by atoms with Crippen molar-refractivity contribution in [1.29, 1.82) is 0 Å². The molecule has 0 aromatic heterocycles. The number of aromatic hydroxyl groups is 2. The van der Waals surface area contributed by atoms with Crippen LogP contribution in [0.25, 0.3) is 0 Å². The highest BCUT2D eigenvalue weighted by Gasteiger charge is 2.49. The number of methoxy groups -OCH3 is 4. The Kier molecular flexibility index (Phi) is 8.28. The molecule has 3 aliphatic rings. The monoisotopic (exact) mass is 580 g/mol. The van der Waals surface area contributed by atoms with Crippen LogP contribution in [0, 0.1) is 11.8 Å². The molecule has 2 bridgehead atoms. The lowest BCUT2D eigenvalue weighted by Crippen LogP contribution is -2.59. The lowest BCUT2D eigenvalue weighted by molar-refractivity contribution is -0.304. The Hall–Kier alpha value is -3.20. The third-order valence-electron chi connectivity index (χ3n) is 8.31. The van der Waals surface area contributed by atoms with E-state index in [4.69, 9.17) is 33.2 Å². The summed E-state index contributed by atoms with van der Waals surface area (Å²) in [5.74, 6) is -0.635. The number of hydrogen-bond acceptors (Lipinski definition) is 13. The van der Waals surface area contributed by atoms with Gasteiger partial charge in [-0.15, -0.1) is 0 Å². The quantitative estimate of drug-likeness (QED) is 0.250. The lowest BCUT2D eigenvalue weighted by Gasteiger charge is -2.42. The van der Waals surface area contributed by atoms with Gasteiger partial charge in [0.05, 0.1) is 48.3 Å². The van der Waals surface area contributed by atoms with Gasteiger partial charge in [-0.25, -0.2) is 0 Å². The smallest absolute Gasteiger partial charge is 0.201 e. The highest BCUT2D eigenvalue weighted by Crippen LogP contribution is 2.59. The van der Waals surface area contributed by atoms with Gasteiger partial charge >= 0.3 is 0 Å². The lowest BCUT2D eigenvalue weighted by atomic mass is 9.66. The number of aliphatic hydroxyl groups is 4. The van der Waals surface area contributed by atoms with Crippen LogP contribution in [0.5, 0.6) is 40.2 Å². The zero-order valence-corrected chi connectivity index (χ0v) is 23.1. The SMILES string of the molecule is COc1cc2c(c(OC)c1O)C1c3c(cc(OC)c(O)c3OC)OCC(C2)C1COC1OC(CO)C(O)C(O)C1O. The van der Waals surface area contributed by atoms with Gasteiger partial charge in [-0.05, 0) is 18.1 Å². The molecule has 0 amide bonds. The molecule has 5 rings (SSSR count). The number of ether oxygens (including phenoxy) is 7. The predicted molar refractivity (Wildman–Crippen MR) is 140 cm³/mol. The van der Waals surface area contributed by atoms with Gasteiger partial charge in [0, 0.05) is 34.9 Å². The highest BCUT2D eigenvalue weighted by molar-refractivity contribution is 5.69. The van der Waals surface area contributed by atoms with Gasteiger partial charge in [0.1, 0.15) is 30.2 Å². The molecule has 0 spiro atoms. The Morgan fingerprint density at radius 2 is 1.46 bits per heavy atom. The summed E-state index contributed by atoms with van der Waals surface area (Å²) >= 11 is 0. The summed E-state index contributed by atoms with van der Waals surface area (Å²) < 4.78 is 40.0. The summed E-state index contributed by atoms with van der Waals surface area (Å²) in [5, 5.41) is 62.7. The second-order valence-corrected chi connectivity index (χ2v) is 10.4. The summed E-state index contributed by atoms with van der Waals surface area (Å²) in [5.41, 5.74) is 1.91. The van der Waals surface area contributed by atoms with Gasteiger partial charge in [0.25, 0.3) is 0 Å². The van der Waals surface area contributed by atoms with Crippen LogP contribution in [0.15, 0.2) is 12.1 Å². The topological polar surface area (TPSA) is 186 Å². The second-order valence-electron chi connectivity index (χ2n) is 10.4. The molecule has 2 aromatic carbocycles. The largest absolute Gasteiger partial charge is 0.502 e. The van der Waals surface area contributed by atoms with Crippen LogP contribution < -0.4 is 23.7 Å². The van der Waals surface area contributed by atoms with E-state index < -0.39 is 49.1 Å².